The number of imidazole rings is 1. The Morgan fingerprint density at radius 3 is 2.48 bits per heavy atom. The summed E-state index contributed by atoms with van der Waals surface area (Å²) in [5, 5.41) is 11.1. The second kappa shape index (κ2) is 6.66. The van der Waals surface area contributed by atoms with Gasteiger partial charge in [0.2, 0.25) is 0 Å². The number of likely N-dealkylation sites (tertiary alicyclic amines) is 1. The number of piperidine rings is 1. The van der Waals surface area contributed by atoms with Gasteiger partial charge in [0.1, 0.15) is 0 Å². The van der Waals surface area contributed by atoms with Crippen LogP contribution in [0.3, 0.4) is 0 Å². The summed E-state index contributed by atoms with van der Waals surface area (Å²) in [6.45, 7) is 3.85. The summed E-state index contributed by atoms with van der Waals surface area (Å²) in [4.78, 5) is 14.6. The van der Waals surface area contributed by atoms with Gasteiger partial charge in [-0.15, -0.1) is 0 Å². The molecule has 2 atom stereocenters. The first kappa shape index (κ1) is 18.0. The number of fused-ring (bicyclic) bond motifs is 1. The zero-order valence-corrected chi connectivity index (χ0v) is 16.2. The van der Waals surface area contributed by atoms with Gasteiger partial charge in [0.15, 0.2) is 0 Å². The fourth-order valence-corrected chi connectivity index (χ4v) is 4.40. The van der Waals surface area contributed by atoms with Crippen molar-refractivity contribution in [3.8, 4) is 0 Å². The summed E-state index contributed by atoms with van der Waals surface area (Å²) in [5.74, 6) is 0. The van der Waals surface area contributed by atoms with Gasteiger partial charge in [-0.1, -0.05) is 36.4 Å². The summed E-state index contributed by atoms with van der Waals surface area (Å²) in [6, 6.07) is 16.5. The van der Waals surface area contributed by atoms with Gasteiger partial charge in [0.05, 0.1) is 16.6 Å². The number of rotatable bonds is 3. The molecule has 2 aromatic carbocycles. The van der Waals surface area contributed by atoms with Crippen molar-refractivity contribution in [2.24, 2.45) is 14.1 Å². The van der Waals surface area contributed by atoms with E-state index >= 15 is 0 Å². The molecule has 1 saturated heterocycles. The van der Waals surface area contributed by atoms with Crippen molar-refractivity contribution in [1.29, 1.82) is 0 Å². The van der Waals surface area contributed by atoms with Crippen molar-refractivity contribution in [3.05, 3.63) is 70.1 Å². The van der Waals surface area contributed by atoms with Gasteiger partial charge in [-0.25, -0.2) is 4.79 Å². The number of aliphatic hydroxyl groups is 1. The van der Waals surface area contributed by atoms with Crippen LogP contribution >= 0.6 is 0 Å². The van der Waals surface area contributed by atoms with E-state index in [2.05, 4.69) is 24.0 Å². The van der Waals surface area contributed by atoms with Crippen molar-refractivity contribution in [2.45, 2.75) is 38.0 Å². The molecule has 2 heterocycles. The Morgan fingerprint density at radius 2 is 1.78 bits per heavy atom. The number of hydrogen-bond acceptors (Lipinski definition) is 3. The minimum atomic E-state index is -0.746. The van der Waals surface area contributed by atoms with Gasteiger partial charge in [0.25, 0.3) is 0 Å². The van der Waals surface area contributed by atoms with Crippen molar-refractivity contribution < 1.29 is 5.11 Å². The molecule has 1 fully saturated rings. The molecule has 1 aromatic heterocycles. The molecule has 27 heavy (non-hydrogen) atoms. The third-order valence-electron chi connectivity index (χ3n) is 6.10. The number of aryl methyl sites for hydroxylation is 2. The first-order valence-electron chi connectivity index (χ1n) is 9.55. The van der Waals surface area contributed by atoms with E-state index in [0.29, 0.717) is 0 Å². The Labute approximate surface area is 159 Å². The molecule has 0 amide bonds. The maximum atomic E-state index is 12.1. The molecular formula is C22H27N3O2. The molecule has 0 aliphatic carbocycles. The monoisotopic (exact) mass is 365 g/mol. The van der Waals surface area contributed by atoms with Crippen LogP contribution in [0.5, 0.6) is 0 Å². The second-order valence-corrected chi connectivity index (χ2v) is 7.89. The lowest BCUT2D eigenvalue weighted by atomic mass is 9.81. The number of nitrogens with zero attached hydrogens (tertiary/aromatic N) is 3. The minimum absolute atomic E-state index is 0.00131. The Kier molecular flexibility index (Phi) is 4.44. The topological polar surface area (TPSA) is 50.4 Å². The van der Waals surface area contributed by atoms with Crippen LogP contribution < -0.4 is 5.69 Å². The standard InChI is InChI=1S/C22H27N3O2/c1-16-14-22(27,18-7-5-4-6-8-18)11-12-25(16)15-17-9-10-19-20(13-17)24(3)21(26)23(19)2/h4-10,13,16,27H,11-12,14-15H2,1-3H3/t16-,22+/m1/s1. The summed E-state index contributed by atoms with van der Waals surface area (Å²) < 4.78 is 3.38. The molecule has 1 N–H and O–H groups in total. The molecule has 5 heteroatoms. The van der Waals surface area contributed by atoms with Crippen LogP contribution in [-0.4, -0.2) is 31.7 Å². The quantitative estimate of drug-likeness (QED) is 0.776. The van der Waals surface area contributed by atoms with Gasteiger partial charge >= 0.3 is 5.69 Å². The molecule has 0 bridgehead atoms. The van der Waals surface area contributed by atoms with Gasteiger partial charge in [-0.3, -0.25) is 14.0 Å². The van der Waals surface area contributed by atoms with Crippen molar-refractivity contribution in [2.75, 3.05) is 6.54 Å². The molecule has 1 aliphatic rings. The van der Waals surface area contributed by atoms with Crippen LogP contribution in [-0.2, 0) is 26.2 Å². The maximum absolute atomic E-state index is 12.1. The van der Waals surface area contributed by atoms with Crippen molar-refractivity contribution in [3.63, 3.8) is 0 Å². The molecule has 5 nitrogen and oxygen atoms in total. The maximum Gasteiger partial charge on any atom is 0.328 e. The fourth-order valence-electron chi connectivity index (χ4n) is 4.40. The predicted molar refractivity (Wildman–Crippen MR) is 108 cm³/mol. The summed E-state index contributed by atoms with van der Waals surface area (Å²) in [7, 11) is 3.62. The van der Waals surface area contributed by atoms with Crippen molar-refractivity contribution >= 4 is 11.0 Å². The summed E-state index contributed by atoms with van der Waals surface area (Å²) in [6.07, 6.45) is 1.45. The molecule has 4 rings (SSSR count). The van der Waals surface area contributed by atoms with E-state index in [1.54, 1.807) is 9.13 Å². The first-order chi connectivity index (χ1) is 12.9. The Morgan fingerprint density at radius 1 is 1.07 bits per heavy atom. The molecule has 0 unspecified atom stereocenters. The largest absolute Gasteiger partial charge is 0.385 e. The minimum Gasteiger partial charge on any atom is -0.385 e. The SMILES string of the molecule is C[C@@H]1C[C@](O)(c2ccccc2)CCN1Cc1ccc2c(c1)n(C)c(=O)n2C. The molecule has 0 radical (unpaired) electrons. The number of aromatic nitrogens is 2. The van der Waals surface area contributed by atoms with Crippen molar-refractivity contribution in [1.82, 2.24) is 14.0 Å². The van der Waals surface area contributed by atoms with Gasteiger partial charge in [-0.2, -0.15) is 0 Å². The molecule has 3 aromatic rings. The molecule has 1 aliphatic heterocycles. The normalized spacial score (nSPS) is 23.8. The van der Waals surface area contributed by atoms with Crippen LogP contribution in [0.2, 0.25) is 0 Å². The zero-order valence-electron chi connectivity index (χ0n) is 16.2. The molecule has 0 saturated carbocycles. The average molecular weight is 365 g/mol. The van der Waals surface area contributed by atoms with Crippen LogP contribution in [0.1, 0.15) is 30.9 Å². The highest BCUT2D eigenvalue weighted by Crippen LogP contribution is 2.36. The molecular weight excluding hydrogens is 338 g/mol. The molecule has 0 spiro atoms. The highest BCUT2D eigenvalue weighted by atomic mass is 16.3. The third kappa shape index (κ3) is 3.11. The lowest BCUT2D eigenvalue weighted by Crippen LogP contribution is -2.47. The van der Waals surface area contributed by atoms with E-state index in [1.165, 1.54) is 5.56 Å². The highest BCUT2D eigenvalue weighted by molar-refractivity contribution is 5.76. The average Bonchev–Trinajstić information content (AvgIpc) is 2.89. The number of hydrogen-bond donors (Lipinski definition) is 1. The van der Waals surface area contributed by atoms with E-state index in [0.717, 1.165) is 42.5 Å². The van der Waals surface area contributed by atoms with Crippen LogP contribution in [0.4, 0.5) is 0 Å². The predicted octanol–water partition coefficient (Wildman–Crippen LogP) is 2.75. The van der Waals surface area contributed by atoms with Crippen LogP contribution in [0, 0.1) is 0 Å². The van der Waals surface area contributed by atoms with Gasteiger partial charge < -0.3 is 5.11 Å². The highest BCUT2D eigenvalue weighted by Gasteiger charge is 2.37. The second-order valence-electron chi connectivity index (χ2n) is 7.89. The van der Waals surface area contributed by atoms with E-state index < -0.39 is 5.60 Å². The van der Waals surface area contributed by atoms with E-state index in [4.69, 9.17) is 0 Å². The zero-order chi connectivity index (χ0) is 19.2. The van der Waals surface area contributed by atoms with Crippen LogP contribution in [0.15, 0.2) is 53.3 Å². The van der Waals surface area contributed by atoms with Crippen LogP contribution in [0.25, 0.3) is 11.0 Å². The fraction of sp³-hybridized carbons (Fsp3) is 0.409. The lowest BCUT2D eigenvalue weighted by molar-refractivity contribution is -0.0502. The molecule has 142 valence electrons. The Balaban J connectivity index is 1.54. The van der Waals surface area contributed by atoms with Gasteiger partial charge in [0, 0.05) is 33.2 Å². The number of benzene rings is 2. The summed E-state index contributed by atoms with van der Waals surface area (Å²) >= 11 is 0. The van der Waals surface area contributed by atoms with E-state index in [-0.39, 0.29) is 11.7 Å². The smallest absolute Gasteiger partial charge is 0.328 e. The first-order valence-corrected chi connectivity index (χ1v) is 9.55. The Hall–Kier alpha value is -2.37. The van der Waals surface area contributed by atoms with E-state index in [1.807, 2.05) is 50.5 Å². The van der Waals surface area contributed by atoms with E-state index in [9.17, 15) is 9.90 Å². The van der Waals surface area contributed by atoms with Gasteiger partial charge in [-0.05, 0) is 43.0 Å². The lowest BCUT2D eigenvalue weighted by Gasteiger charge is -2.43. The Bertz CT molecular complexity index is 1020. The summed E-state index contributed by atoms with van der Waals surface area (Å²) in [5.41, 5.74) is 3.38. The third-order valence-corrected chi connectivity index (χ3v) is 6.10.